The van der Waals surface area contributed by atoms with Gasteiger partial charge < -0.3 is 10.1 Å². The van der Waals surface area contributed by atoms with Gasteiger partial charge in [-0.15, -0.1) is 0 Å². The van der Waals surface area contributed by atoms with Crippen LogP contribution in [-0.4, -0.2) is 31.2 Å². The standard InChI is InChI=1S/C22H32N2O2/c1-22(2)13-16-11-21(26-4)17(14-23-3)10-18(16)19(24-22)12-20(25)15-8-6-5-7-9-15/h10-11,15,23H,5-9,12-14H2,1-4H3. The highest BCUT2D eigenvalue weighted by molar-refractivity contribution is 6.13. The fourth-order valence-corrected chi connectivity index (χ4v) is 4.40. The first-order valence-corrected chi connectivity index (χ1v) is 9.89. The van der Waals surface area contributed by atoms with E-state index in [2.05, 4.69) is 31.3 Å². The van der Waals surface area contributed by atoms with Gasteiger partial charge in [0.15, 0.2) is 0 Å². The summed E-state index contributed by atoms with van der Waals surface area (Å²) in [5.41, 5.74) is 4.29. The molecule has 0 amide bonds. The predicted octanol–water partition coefficient (Wildman–Crippen LogP) is 4.08. The zero-order valence-electron chi connectivity index (χ0n) is 16.7. The van der Waals surface area contributed by atoms with E-state index >= 15 is 0 Å². The lowest BCUT2D eigenvalue weighted by Crippen LogP contribution is -2.31. The maximum Gasteiger partial charge on any atom is 0.141 e. The van der Waals surface area contributed by atoms with Gasteiger partial charge >= 0.3 is 0 Å². The van der Waals surface area contributed by atoms with Gasteiger partial charge in [-0.2, -0.15) is 0 Å². The first-order chi connectivity index (χ1) is 12.4. The van der Waals surface area contributed by atoms with Gasteiger partial charge in [0.2, 0.25) is 0 Å². The Morgan fingerprint density at radius 3 is 2.65 bits per heavy atom. The molecule has 0 radical (unpaired) electrons. The van der Waals surface area contributed by atoms with Crippen LogP contribution in [-0.2, 0) is 17.8 Å². The van der Waals surface area contributed by atoms with E-state index in [0.717, 1.165) is 48.4 Å². The molecule has 0 atom stereocenters. The minimum Gasteiger partial charge on any atom is -0.496 e. The third-order valence-electron chi connectivity index (χ3n) is 5.65. The molecule has 0 aromatic heterocycles. The number of benzene rings is 1. The van der Waals surface area contributed by atoms with Gasteiger partial charge in [0.25, 0.3) is 0 Å². The molecule has 1 heterocycles. The van der Waals surface area contributed by atoms with Crippen molar-refractivity contribution in [2.24, 2.45) is 10.9 Å². The molecule has 1 aromatic rings. The van der Waals surface area contributed by atoms with E-state index in [9.17, 15) is 4.79 Å². The monoisotopic (exact) mass is 356 g/mol. The molecule has 1 aromatic carbocycles. The normalized spacial score (nSPS) is 19.6. The van der Waals surface area contributed by atoms with Crippen molar-refractivity contribution < 1.29 is 9.53 Å². The topological polar surface area (TPSA) is 50.7 Å². The molecule has 2 aliphatic rings. The molecule has 1 saturated carbocycles. The van der Waals surface area contributed by atoms with Crippen LogP contribution in [0.4, 0.5) is 0 Å². The number of methoxy groups -OCH3 is 1. The highest BCUT2D eigenvalue weighted by Gasteiger charge is 2.30. The van der Waals surface area contributed by atoms with Crippen LogP contribution in [0, 0.1) is 5.92 Å². The predicted molar refractivity (Wildman–Crippen MR) is 106 cm³/mol. The molecule has 4 heteroatoms. The Morgan fingerprint density at radius 2 is 2.00 bits per heavy atom. The molecule has 4 nitrogen and oxygen atoms in total. The van der Waals surface area contributed by atoms with Crippen molar-refractivity contribution in [1.82, 2.24) is 5.32 Å². The van der Waals surface area contributed by atoms with Crippen LogP contribution in [0.5, 0.6) is 5.75 Å². The molecule has 142 valence electrons. The lowest BCUT2D eigenvalue weighted by molar-refractivity contribution is -0.122. The van der Waals surface area contributed by atoms with Gasteiger partial charge in [-0.25, -0.2) is 0 Å². The lowest BCUT2D eigenvalue weighted by Gasteiger charge is -2.31. The Morgan fingerprint density at radius 1 is 1.27 bits per heavy atom. The number of rotatable bonds is 6. The average molecular weight is 357 g/mol. The second kappa shape index (κ2) is 7.91. The first kappa shape index (κ1) is 19.1. The molecule has 3 rings (SSSR count). The highest BCUT2D eigenvalue weighted by Crippen LogP contribution is 2.34. The maximum atomic E-state index is 12.9. The zero-order chi connectivity index (χ0) is 18.7. The number of ketones is 1. The summed E-state index contributed by atoms with van der Waals surface area (Å²) < 4.78 is 5.60. The van der Waals surface area contributed by atoms with E-state index in [1.807, 2.05) is 7.05 Å². The van der Waals surface area contributed by atoms with Crippen LogP contribution in [0.25, 0.3) is 0 Å². The molecule has 1 N–H and O–H groups in total. The number of nitrogens with zero attached hydrogens (tertiary/aromatic N) is 1. The molecule has 0 bridgehead atoms. The largest absolute Gasteiger partial charge is 0.496 e. The van der Waals surface area contributed by atoms with Crippen molar-refractivity contribution in [3.05, 3.63) is 28.8 Å². The van der Waals surface area contributed by atoms with E-state index in [4.69, 9.17) is 9.73 Å². The minimum absolute atomic E-state index is 0.176. The summed E-state index contributed by atoms with van der Waals surface area (Å²) in [7, 11) is 3.65. The van der Waals surface area contributed by atoms with Crippen LogP contribution in [0.3, 0.4) is 0 Å². The summed E-state index contributed by atoms with van der Waals surface area (Å²) in [5, 5.41) is 3.20. The molecular formula is C22H32N2O2. The number of hydrogen-bond donors (Lipinski definition) is 1. The number of carbonyl (C=O) groups is 1. The summed E-state index contributed by atoms with van der Waals surface area (Å²) in [6.07, 6.45) is 7.09. The maximum absolute atomic E-state index is 12.9. The Labute approximate surface area is 157 Å². The van der Waals surface area contributed by atoms with Crippen molar-refractivity contribution in [1.29, 1.82) is 0 Å². The molecule has 1 fully saturated rings. The van der Waals surface area contributed by atoms with E-state index in [1.165, 1.54) is 24.8 Å². The molecule has 0 spiro atoms. The molecule has 1 aliphatic heterocycles. The fourth-order valence-electron chi connectivity index (χ4n) is 4.40. The van der Waals surface area contributed by atoms with Gasteiger partial charge in [0, 0.05) is 24.4 Å². The van der Waals surface area contributed by atoms with Gasteiger partial charge in [-0.3, -0.25) is 9.79 Å². The fraction of sp³-hybridized carbons (Fsp3) is 0.636. The third kappa shape index (κ3) is 4.17. The van der Waals surface area contributed by atoms with Crippen molar-refractivity contribution in [2.75, 3.05) is 14.2 Å². The molecule has 1 aliphatic carbocycles. The van der Waals surface area contributed by atoms with E-state index < -0.39 is 0 Å². The number of hydrogen-bond acceptors (Lipinski definition) is 4. The first-order valence-electron chi connectivity index (χ1n) is 9.89. The van der Waals surface area contributed by atoms with Crippen molar-refractivity contribution >= 4 is 11.5 Å². The molecule has 0 saturated heterocycles. The van der Waals surface area contributed by atoms with Crippen LogP contribution < -0.4 is 10.1 Å². The molecule has 26 heavy (non-hydrogen) atoms. The number of nitrogens with one attached hydrogen (secondary N) is 1. The number of aliphatic imine (C=N–C) groups is 1. The van der Waals surface area contributed by atoms with Crippen LogP contribution in [0.2, 0.25) is 0 Å². The summed E-state index contributed by atoms with van der Waals surface area (Å²) in [5.74, 6) is 1.52. The average Bonchev–Trinajstić information content (AvgIpc) is 2.62. The van der Waals surface area contributed by atoms with Gasteiger partial charge in [-0.1, -0.05) is 19.3 Å². The lowest BCUT2D eigenvalue weighted by atomic mass is 9.81. The Hall–Kier alpha value is -1.68. The van der Waals surface area contributed by atoms with Crippen LogP contribution in [0.1, 0.15) is 69.1 Å². The van der Waals surface area contributed by atoms with Crippen LogP contribution in [0.15, 0.2) is 17.1 Å². The second-order valence-corrected chi connectivity index (χ2v) is 8.38. The zero-order valence-corrected chi connectivity index (χ0v) is 16.7. The summed E-state index contributed by atoms with van der Waals surface area (Å²) in [6, 6.07) is 4.32. The number of fused-ring (bicyclic) bond motifs is 1. The Bertz CT molecular complexity index is 700. The van der Waals surface area contributed by atoms with Gasteiger partial charge in [0.05, 0.1) is 18.4 Å². The van der Waals surface area contributed by atoms with E-state index in [-0.39, 0.29) is 11.5 Å². The van der Waals surface area contributed by atoms with E-state index in [0.29, 0.717) is 12.2 Å². The van der Waals surface area contributed by atoms with Crippen molar-refractivity contribution in [3.63, 3.8) is 0 Å². The minimum atomic E-state index is -0.176. The number of Topliss-reactive ketones (excluding diaryl/α,β-unsaturated/α-hetero) is 1. The van der Waals surface area contributed by atoms with Crippen LogP contribution >= 0.6 is 0 Å². The second-order valence-electron chi connectivity index (χ2n) is 8.38. The van der Waals surface area contributed by atoms with Gasteiger partial charge in [0.1, 0.15) is 11.5 Å². The quantitative estimate of drug-likeness (QED) is 0.836. The molecule has 0 unspecified atom stereocenters. The Kier molecular flexibility index (Phi) is 5.81. The highest BCUT2D eigenvalue weighted by atomic mass is 16.5. The summed E-state index contributed by atoms with van der Waals surface area (Å²) in [4.78, 5) is 17.9. The Balaban J connectivity index is 1.92. The summed E-state index contributed by atoms with van der Waals surface area (Å²) >= 11 is 0. The van der Waals surface area contributed by atoms with Gasteiger partial charge in [-0.05, 0) is 63.4 Å². The van der Waals surface area contributed by atoms with Crippen molar-refractivity contribution in [2.45, 2.75) is 70.9 Å². The van der Waals surface area contributed by atoms with Crippen molar-refractivity contribution in [3.8, 4) is 5.75 Å². The number of ether oxygens (including phenoxy) is 1. The third-order valence-corrected chi connectivity index (χ3v) is 5.65. The smallest absolute Gasteiger partial charge is 0.141 e. The number of carbonyl (C=O) groups excluding carboxylic acids is 1. The van der Waals surface area contributed by atoms with E-state index in [1.54, 1.807) is 7.11 Å². The SMILES string of the molecule is CNCc1cc2c(cc1OC)CC(C)(C)N=C2CC(=O)C1CCCCC1. The summed E-state index contributed by atoms with van der Waals surface area (Å²) in [6.45, 7) is 5.04. The molecular weight excluding hydrogens is 324 g/mol.